The van der Waals surface area contributed by atoms with Gasteiger partial charge in [0.1, 0.15) is 0 Å². The Morgan fingerprint density at radius 3 is 2.39 bits per heavy atom. The molecule has 0 atom stereocenters. The zero-order chi connectivity index (χ0) is 13.3. The second-order valence-electron chi connectivity index (χ2n) is 4.10. The van der Waals surface area contributed by atoms with E-state index >= 15 is 0 Å². The summed E-state index contributed by atoms with van der Waals surface area (Å²) in [5.74, 6) is -0.234. The van der Waals surface area contributed by atoms with Crippen LogP contribution in [0.5, 0.6) is 0 Å². The van der Waals surface area contributed by atoms with E-state index in [4.69, 9.17) is 11.6 Å². The molecule has 1 heterocycles. The molecule has 0 aliphatic heterocycles. The Balaban J connectivity index is 2.64. The van der Waals surface area contributed by atoms with Gasteiger partial charge in [-0.25, -0.2) is 0 Å². The number of nitrogens with zero attached hydrogens (tertiary/aromatic N) is 1. The monoisotopic (exact) mass is 261 g/mol. The maximum Gasteiger partial charge on any atom is 0.192 e. The number of pyridine rings is 1. The Bertz CT molecular complexity index is 656. The molecule has 0 amide bonds. The van der Waals surface area contributed by atoms with Crippen LogP contribution in [0.4, 0.5) is 0 Å². The number of carbonyl (C=O) groups is 1. The van der Waals surface area contributed by atoms with E-state index in [0.717, 1.165) is 11.4 Å². The van der Waals surface area contributed by atoms with Crippen LogP contribution in [-0.2, 0) is 0 Å². The number of rotatable bonds is 2. The summed E-state index contributed by atoms with van der Waals surface area (Å²) in [4.78, 5) is 23.0. The number of ketones is 1. The van der Waals surface area contributed by atoms with Crippen LogP contribution < -0.4 is 5.43 Å². The molecule has 0 N–H and O–H groups in total. The molecule has 2 aromatic rings. The van der Waals surface area contributed by atoms with Gasteiger partial charge in [0.2, 0.25) is 0 Å². The van der Waals surface area contributed by atoms with Gasteiger partial charge in [-0.05, 0) is 38.1 Å². The van der Waals surface area contributed by atoms with Gasteiger partial charge in [-0.3, -0.25) is 9.59 Å². The zero-order valence-corrected chi connectivity index (χ0v) is 10.9. The maximum atomic E-state index is 11.7. The van der Waals surface area contributed by atoms with E-state index in [2.05, 4.69) is 0 Å². The van der Waals surface area contributed by atoms with Crippen LogP contribution in [0.1, 0.15) is 23.0 Å². The smallest absolute Gasteiger partial charge is 0.192 e. The maximum absolute atomic E-state index is 11.7. The largest absolute Gasteiger partial charge is 0.320 e. The molecule has 1 aromatic heterocycles. The van der Waals surface area contributed by atoms with E-state index < -0.39 is 0 Å². The Morgan fingerprint density at radius 2 is 1.83 bits per heavy atom. The third kappa shape index (κ3) is 2.36. The second-order valence-corrected chi connectivity index (χ2v) is 4.53. The number of Topliss-reactive ketones (excluding diaryl/α,β-unsaturated/α-hetero) is 1. The SMILES string of the molecule is CC(=O)c1cn(-c2ccc(Cl)cc2)c(C)cc1=O. The van der Waals surface area contributed by atoms with Crippen molar-refractivity contribution in [2.24, 2.45) is 0 Å². The number of aryl methyl sites for hydroxylation is 1. The van der Waals surface area contributed by atoms with Gasteiger partial charge in [-0.1, -0.05) is 11.6 Å². The molecule has 1 aromatic carbocycles. The number of carbonyl (C=O) groups excluding carboxylic acids is 1. The Hall–Kier alpha value is -1.87. The molecular weight excluding hydrogens is 250 g/mol. The molecule has 0 saturated heterocycles. The summed E-state index contributed by atoms with van der Waals surface area (Å²) in [6.45, 7) is 3.21. The lowest BCUT2D eigenvalue weighted by Gasteiger charge is -2.11. The van der Waals surface area contributed by atoms with Crippen molar-refractivity contribution in [3.63, 3.8) is 0 Å². The summed E-state index contributed by atoms with van der Waals surface area (Å²) in [6.07, 6.45) is 1.57. The summed E-state index contributed by atoms with van der Waals surface area (Å²) >= 11 is 5.83. The average molecular weight is 262 g/mol. The molecular formula is C14H12ClNO2. The van der Waals surface area contributed by atoms with Gasteiger partial charge in [0.15, 0.2) is 11.2 Å². The molecule has 0 aliphatic carbocycles. The van der Waals surface area contributed by atoms with Crippen molar-refractivity contribution in [1.29, 1.82) is 0 Å². The molecule has 4 heteroatoms. The van der Waals surface area contributed by atoms with E-state index in [-0.39, 0.29) is 16.8 Å². The van der Waals surface area contributed by atoms with Crippen LogP contribution in [0.2, 0.25) is 5.02 Å². The summed E-state index contributed by atoms with van der Waals surface area (Å²) in [5, 5.41) is 0.643. The molecule has 2 rings (SSSR count). The van der Waals surface area contributed by atoms with Crippen molar-refractivity contribution in [2.75, 3.05) is 0 Å². The highest BCUT2D eigenvalue weighted by Gasteiger charge is 2.09. The van der Waals surface area contributed by atoms with Crippen molar-refractivity contribution in [3.8, 4) is 5.69 Å². The average Bonchev–Trinajstić information content (AvgIpc) is 2.30. The molecule has 0 bridgehead atoms. The minimum atomic E-state index is -0.245. The molecule has 92 valence electrons. The van der Waals surface area contributed by atoms with Crippen LogP contribution >= 0.6 is 11.6 Å². The molecule has 0 spiro atoms. The molecule has 0 fully saturated rings. The van der Waals surface area contributed by atoms with Crippen molar-refractivity contribution in [2.45, 2.75) is 13.8 Å². The Morgan fingerprint density at radius 1 is 1.22 bits per heavy atom. The summed E-state index contributed by atoms with van der Waals surface area (Å²) in [7, 11) is 0. The first-order valence-electron chi connectivity index (χ1n) is 5.49. The lowest BCUT2D eigenvalue weighted by molar-refractivity contribution is 0.101. The third-order valence-electron chi connectivity index (χ3n) is 2.73. The van der Waals surface area contributed by atoms with Gasteiger partial charge in [0, 0.05) is 28.7 Å². The fraction of sp³-hybridized carbons (Fsp3) is 0.143. The van der Waals surface area contributed by atoms with Gasteiger partial charge in [0.05, 0.1) is 5.56 Å². The fourth-order valence-electron chi connectivity index (χ4n) is 1.78. The van der Waals surface area contributed by atoms with E-state index in [1.165, 1.54) is 13.0 Å². The lowest BCUT2D eigenvalue weighted by Crippen LogP contribution is -2.16. The Kier molecular flexibility index (Phi) is 3.34. The highest BCUT2D eigenvalue weighted by atomic mass is 35.5. The third-order valence-corrected chi connectivity index (χ3v) is 2.98. The zero-order valence-electron chi connectivity index (χ0n) is 10.1. The number of hydrogen-bond acceptors (Lipinski definition) is 2. The molecule has 18 heavy (non-hydrogen) atoms. The van der Waals surface area contributed by atoms with E-state index in [0.29, 0.717) is 5.02 Å². The van der Waals surface area contributed by atoms with Gasteiger partial charge >= 0.3 is 0 Å². The van der Waals surface area contributed by atoms with Gasteiger partial charge in [0.25, 0.3) is 0 Å². The van der Waals surface area contributed by atoms with E-state index in [1.54, 1.807) is 22.9 Å². The molecule has 0 aliphatic rings. The van der Waals surface area contributed by atoms with Crippen molar-refractivity contribution in [3.05, 3.63) is 63.0 Å². The van der Waals surface area contributed by atoms with E-state index in [9.17, 15) is 9.59 Å². The summed E-state index contributed by atoms with van der Waals surface area (Å²) in [6, 6.07) is 8.67. The second kappa shape index (κ2) is 4.78. The topological polar surface area (TPSA) is 39.1 Å². The molecule has 3 nitrogen and oxygen atoms in total. The standard InChI is InChI=1S/C14H12ClNO2/c1-9-7-14(18)13(10(2)17)8-16(9)12-5-3-11(15)4-6-12/h3-8H,1-2H3. The minimum absolute atomic E-state index is 0.190. The minimum Gasteiger partial charge on any atom is -0.320 e. The highest BCUT2D eigenvalue weighted by Crippen LogP contribution is 2.15. The van der Waals surface area contributed by atoms with Crippen LogP contribution in [0.25, 0.3) is 5.69 Å². The number of aromatic nitrogens is 1. The van der Waals surface area contributed by atoms with Crippen LogP contribution in [0.15, 0.2) is 41.3 Å². The van der Waals surface area contributed by atoms with Crippen molar-refractivity contribution >= 4 is 17.4 Å². The van der Waals surface area contributed by atoms with Gasteiger partial charge in [-0.2, -0.15) is 0 Å². The number of halogens is 1. The normalized spacial score (nSPS) is 10.4. The summed E-state index contributed by atoms with van der Waals surface area (Å²) < 4.78 is 1.80. The molecule has 0 saturated carbocycles. The summed E-state index contributed by atoms with van der Waals surface area (Å²) in [5.41, 5.74) is 1.58. The van der Waals surface area contributed by atoms with Crippen LogP contribution in [-0.4, -0.2) is 10.4 Å². The first kappa shape index (κ1) is 12.6. The van der Waals surface area contributed by atoms with Gasteiger partial charge in [-0.15, -0.1) is 0 Å². The predicted molar refractivity (Wildman–Crippen MR) is 71.8 cm³/mol. The highest BCUT2D eigenvalue weighted by molar-refractivity contribution is 6.30. The number of hydrogen-bond donors (Lipinski definition) is 0. The quantitative estimate of drug-likeness (QED) is 0.780. The first-order valence-corrected chi connectivity index (χ1v) is 5.87. The lowest BCUT2D eigenvalue weighted by atomic mass is 10.1. The first-order chi connectivity index (χ1) is 8.49. The number of benzene rings is 1. The van der Waals surface area contributed by atoms with Crippen molar-refractivity contribution < 1.29 is 4.79 Å². The van der Waals surface area contributed by atoms with E-state index in [1.807, 2.05) is 19.1 Å². The van der Waals surface area contributed by atoms with Gasteiger partial charge < -0.3 is 4.57 Å². The van der Waals surface area contributed by atoms with Crippen molar-refractivity contribution in [1.82, 2.24) is 4.57 Å². The molecule has 0 radical (unpaired) electrons. The molecule has 0 unspecified atom stereocenters. The van der Waals surface area contributed by atoms with Crippen LogP contribution in [0.3, 0.4) is 0 Å². The predicted octanol–water partition coefficient (Wildman–Crippen LogP) is 3.00. The Labute approximate surface area is 110 Å². The fourth-order valence-corrected chi connectivity index (χ4v) is 1.90. The van der Waals surface area contributed by atoms with Crippen LogP contribution in [0, 0.1) is 6.92 Å².